The van der Waals surface area contributed by atoms with Crippen LogP contribution in [0.25, 0.3) is 0 Å². The van der Waals surface area contributed by atoms with Crippen molar-refractivity contribution in [1.82, 2.24) is 0 Å². The van der Waals surface area contributed by atoms with Gasteiger partial charge in [-0.2, -0.15) is 0 Å². The summed E-state index contributed by atoms with van der Waals surface area (Å²) in [4.78, 5) is 12.0. The van der Waals surface area contributed by atoms with Crippen LogP contribution in [0.1, 0.15) is 32.3 Å². The van der Waals surface area contributed by atoms with Gasteiger partial charge in [-0.1, -0.05) is 35.9 Å². The highest BCUT2D eigenvalue weighted by Crippen LogP contribution is 2.29. The lowest BCUT2D eigenvalue weighted by molar-refractivity contribution is -0.167. The summed E-state index contributed by atoms with van der Waals surface area (Å²) in [6, 6.07) is 8.89. The van der Waals surface area contributed by atoms with E-state index < -0.39 is 11.6 Å². The zero-order valence-electron chi connectivity index (χ0n) is 11.0. The summed E-state index contributed by atoms with van der Waals surface area (Å²) in [5.41, 5.74) is -0.102. The van der Waals surface area contributed by atoms with Crippen LogP contribution in [-0.2, 0) is 15.1 Å². The van der Waals surface area contributed by atoms with Gasteiger partial charge in [-0.05, 0) is 32.3 Å². The van der Waals surface area contributed by atoms with E-state index in [-0.39, 0.29) is 13.0 Å². The number of ether oxygens (including phenoxy) is 1. The van der Waals surface area contributed by atoms with Crippen LogP contribution in [0.4, 0.5) is 0 Å². The highest BCUT2D eigenvalue weighted by atomic mass is 16.5. The van der Waals surface area contributed by atoms with Crippen molar-refractivity contribution in [2.24, 2.45) is 0 Å². The lowest BCUT2D eigenvalue weighted by Crippen LogP contribution is -2.37. The van der Waals surface area contributed by atoms with Gasteiger partial charge in [0.2, 0.25) is 0 Å². The van der Waals surface area contributed by atoms with Crippen LogP contribution in [0.5, 0.6) is 0 Å². The fourth-order valence-corrected chi connectivity index (χ4v) is 1.72. The molecule has 1 aromatic rings. The predicted octanol–water partition coefficient (Wildman–Crippen LogP) is 2.79. The molecule has 3 heteroatoms. The number of hydrogen-bond acceptors (Lipinski definition) is 3. The van der Waals surface area contributed by atoms with Gasteiger partial charge >= 0.3 is 5.97 Å². The molecule has 98 valence electrons. The SMILES string of the molecule is C=C(C)CCC(O)(C(=O)OCC)c1ccccc1. The molecule has 1 unspecified atom stereocenters. The molecule has 0 aromatic heterocycles. The first-order valence-corrected chi connectivity index (χ1v) is 6.10. The molecule has 0 saturated carbocycles. The fourth-order valence-electron chi connectivity index (χ4n) is 1.72. The Kier molecular flexibility index (Phi) is 5.10. The Balaban J connectivity index is 3.00. The number of hydrogen-bond donors (Lipinski definition) is 1. The molecule has 0 radical (unpaired) electrons. The summed E-state index contributed by atoms with van der Waals surface area (Å²) in [5.74, 6) is -0.600. The van der Waals surface area contributed by atoms with E-state index in [1.54, 1.807) is 31.2 Å². The second-order valence-corrected chi connectivity index (χ2v) is 4.40. The predicted molar refractivity (Wildman–Crippen MR) is 71.0 cm³/mol. The van der Waals surface area contributed by atoms with Gasteiger partial charge in [0.15, 0.2) is 5.60 Å². The van der Waals surface area contributed by atoms with Crippen molar-refractivity contribution in [3.05, 3.63) is 48.0 Å². The zero-order chi connectivity index (χ0) is 13.6. The molecule has 0 aliphatic carbocycles. The molecule has 0 bridgehead atoms. The average Bonchev–Trinajstić information content (AvgIpc) is 2.37. The molecule has 1 aromatic carbocycles. The first-order chi connectivity index (χ1) is 8.50. The number of carbonyl (C=O) groups is 1. The molecule has 0 aliphatic rings. The monoisotopic (exact) mass is 248 g/mol. The van der Waals surface area contributed by atoms with Crippen molar-refractivity contribution < 1.29 is 14.6 Å². The van der Waals surface area contributed by atoms with Crippen LogP contribution < -0.4 is 0 Å². The molecule has 3 nitrogen and oxygen atoms in total. The zero-order valence-corrected chi connectivity index (χ0v) is 11.0. The molecular formula is C15H20O3. The number of carbonyl (C=O) groups excluding carboxylic acids is 1. The van der Waals surface area contributed by atoms with Crippen molar-refractivity contribution in [1.29, 1.82) is 0 Å². The largest absolute Gasteiger partial charge is 0.464 e. The molecule has 0 saturated heterocycles. The van der Waals surface area contributed by atoms with E-state index >= 15 is 0 Å². The van der Waals surface area contributed by atoms with Crippen LogP contribution >= 0.6 is 0 Å². The van der Waals surface area contributed by atoms with E-state index in [0.29, 0.717) is 12.0 Å². The second-order valence-electron chi connectivity index (χ2n) is 4.40. The minimum absolute atomic E-state index is 0.251. The summed E-state index contributed by atoms with van der Waals surface area (Å²) >= 11 is 0. The summed E-state index contributed by atoms with van der Waals surface area (Å²) < 4.78 is 4.98. The lowest BCUT2D eigenvalue weighted by Gasteiger charge is -2.26. The van der Waals surface area contributed by atoms with Crippen molar-refractivity contribution in [3.63, 3.8) is 0 Å². The molecule has 0 aliphatic heterocycles. The van der Waals surface area contributed by atoms with Crippen molar-refractivity contribution in [2.45, 2.75) is 32.3 Å². The average molecular weight is 248 g/mol. The van der Waals surface area contributed by atoms with Gasteiger partial charge in [0.05, 0.1) is 6.61 Å². The maximum Gasteiger partial charge on any atom is 0.342 e. The lowest BCUT2D eigenvalue weighted by atomic mass is 9.88. The molecule has 0 fully saturated rings. The van der Waals surface area contributed by atoms with Crippen LogP contribution in [0, 0.1) is 0 Å². The number of allylic oxidation sites excluding steroid dienone is 1. The first-order valence-electron chi connectivity index (χ1n) is 6.10. The van der Waals surface area contributed by atoms with Crippen LogP contribution in [0.15, 0.2) is 42.5 Å². The number of esters is 1. The van der Waals surface area contributed by atoms with Gasteiger partial charge in [0.1, 0.15) is 0 Å². The number of aliphatic hydroxyl groups is 1. The fraction of sp³-hybridized carbons (Fsp3) is 0.400. The van der Waals surface area contributed by atoms with E-state index in [1.807, 2.05) is 13.0 Å². The summed E-state index contributed by atoms with van der Waals surface area (Å²) in [7, 11) is 0. The van der Waals surface area contributed by atoms with E-state index in [1.165, 1.54) is 0 Å². The molecule has 0 amide bonds. The summed E-state index contributed by atoms with van der Waals surface area (Å²) in [6.07, 6.45) is 0.857. The molecular weight excluding hydrogens is 228 g/mol. The maximum atomic E-state index is 12.0. The standard InChI is InChI=1S/C15H20O3/c1-4-18-14(16)15(17,11-10-12(2)3)13-8-6-5-7-9-13/h5-9,17H,2,4,10-11H2,1,3H3. The van der Waals surface area contributed by atoms with Crippen LogP contribution in [0.2, 0.25) is 0 Å². The van der Waals surface area contributed by atoms with Gasteiger partial charge in [-0.3, -0.25) is 0 Å². The van der Waals surface area contributed by atoms with Gasteiger partial charge in [0, 0.05) is 0 Å². The van der Waals surface area contributed by atoms with Crippen molar-refractivity contribution in [2.75, 3.05) is 6.61 Å². The molecule has 18 heavy (non-hydrogen) atoms. The minimum Gasteiger partial charge on any atom is -0.464 e. The quantitative estimate of drug-likeness (QED) is 0.622. The summed E-state index contributed by atoms with van der Waals surface area (Å²) in [5, 5.41) is 10.6. The number of rotatable bonds is 6. The van der Waals surface area contributed by atoms with Gasteiger partial charge in [0.25, 0.3) is 0 Å². The normalized spacial score (nSPS) is 13.7. The Labute approximate surface area is 108 Å². The third-order valence-electron chi connectivity index (χ3n) is 2.78. The Bertz CT molecular complexity index is 411. The highest BCUT2D eigenvalue weighted by molar-refractivity contribution is 5.81. The van der Waals surface area contributed by atoms with Crippen LogP contribution in [-0.4, -0.2) is 17.7 Å². The molecule has 1 N–H and O–H groups in total. The van der Waals surface area contributed by atoms with Crippen molar-refractivity contribution in [3.8, 4) is 0 Å². The third-order valence-corrected chi connectivity index (χ3v) is 2.78. The van der Waals surface area contributed by atoms with E-state index in [9.17, 15) is 9.90 Å². The Morgan fingerprint density at radius 3 is 2.50 bits per heavy atom. The number of benzene rings is 1. The van der Waals surface area contributed by atoms with E-state index in [2.05, 4.69) is 6.58 Å². The van der Waals surface area contributed by atoms with Gasteiger partial charge < -0.3 is 9.84 Å². The Morgan fingerprint density at radius 2 is 2.00 bits per heavy atom. The molecule has 1 rings (SSSR count). The molecule has 1 atom stereocenters. The maximum absolute atomic E-state index is 12.0. The van der Waals surface area contributed by atoms with E-state index in [0.717, 1.165) is 5.57 Å². The molecule has 0 spiro atoms. The van der Waals surface area contributed by atoms with Gasteiger partial charge in [-0.15, -0.1) is 6.58 Å². The first kappa shape index (κ1) is 14.5. The topological polar surface area (TPSA) is 46.5 Å². The smallest absolute Gasteiger partial charge is 0.342 e. The highest BCUT2D eigenvalue weighted by Gasteiger charge is 2.38. The minimum atomic E-state index is -1.59. The van der Waals surface area contributed by atoms with Crippen molar-refractivity contribution >= 4 is 5.97 Å². The van der Waals surface area contributed by atoms with Gasteiger partial charge in [-0.25, -0.2) is 4.79 Å². The summed E-state index contributed by atoms with van der Waals surface area (Å²) in [6.45, 7) is 7.64. The second kappa shape index (κ2) is 6.36. The molecule has 0 heterocycles. The Morgan fingerprint density at radius 1 is 1.39 bits per heavy atom. The third kappa shape index (κ3) is 3.44. The Hall–Kier alpha value is -1.61. The van der Waals surface area contributed by atoms with Crippen LogP contribution in [0.3, 0.4) is 0 Å². The van der Waals surface area contributed by atoms with E-state index in [4.69, 9.17) is 4.74 Å².